The summed E-state index contributed by atoms with van der Waals surface area (Å²) in [5.74, 6) is 0.251. The van der Waals surface area contributed by atoms with Gasteiger partial charge in [0.25, 0.3) is 0 Å². The van der Waals surface area contributed by atoms with Gasteiger partial charge in [0, 0.05) is 18.0 Å². The molecule has 2 aromatic rings. The van der Waals surface area contributed by atoms with E-state index < -0.39 is 11.6 Å². The number of hydrogen-bond donors (Lipinski definition) is 0. The number of rotatable bonds is 7. The van der Waals surface area contributed by atoms with Crippen LogP contribution in [0.5, 0.6) is 0 Å². The molecule has 1 heterocycles. The summed E-state index contributed by atoms with van der Waals surface area (Å²) in [6.45, 7) is 2.22. The first kappa shape index (κ1) is 19.7. The number of allylic oxidation sites excluding steroid dienone is 2. The Bertz CT molecular complexity index is 747. The Hall–Kier alpha value is -2.10. The van der Waals surface area contributed by atoms with Crippen molar-refractivity contribution < 1.29 is 8.78 Å². The highest BCUT2D eigenvalue weighted by Gasteiger charge is 2.19. The van der Waals surface area contributed by atoms with Gasteiger partial charge in [-0.1, -0.05) is 25.5 Å². The van der Waals surface area contributed by atoms with Crippen LogP contribution in [0.15, 0.2) is 42.7 Å². The zero-order valence-corrected chi connectivity index (χ0v) is 16.0. The van der Waals surface area contributed by atoms with Crippen LogP contribution in [0.1, 0.15) is 57.4 Å². The molecule has 27 heavy (non-hydrogen) atoms. The van der Waals surface area contributed by atoms with Crippen molar-refractivity contribution in [3.8, 4) is 11.4 Å². The Morgan fingerprint density at radius 3 is 2.44 bits per heavy atom. The van der Waals surface area contributed by atoms with Gasteiger partial charge in [-0.3, -0.25) is 0 Å². The number of nitrogens with zero attached hydrogens (tertiary/aromatic N) is 2. The average Bonchev–Trinajstić information content (AvgIpc) is 2.70. The van der Waals surface area contributed by atoms with E-state index in [-0.39, 0.29) is 0 Å². The number of aryl methyl sites for hydroxylation is 1. The summed E-state index contributed by atoms with van der Waals surface area (Å²) < 4.78 is 26.4. The predicted molar refractivity (Wildman–Crippen MR) is 105 cm³/mol. The van der Waals surface area contributed by atoms with Crippen molar-refractivity contribution >= 4 is 0 Å². The first-order valence-corrected chi connectivity index (χ1v) is 10.1. The van der Waals surface area contributed by atoms with Crippen molar-refractivity contribution in [3.05, 3.63) is 59.9 Å². The molecule has 1 aliphatic rings. The van der Waals surface area contributed by atoms with Crippen molar-refractivity contribution in [3.63, 3.8) is 0 Å². The Kier molecular flexibility index (Phi) is 7.08. The van der Waals surface area contributed by atoms with Gasteiger partial charge in [-0.05, 0) is 80.5 Å². The van der Waals surface area contributed by atoms with E-state index in [0.29, 0.717) is 11.4 Å². The van der Waals surface area contributed by atoms with Crippen molar-refractivity contribution in [1.82, 2.24) is 9.97 Å². The fourth-order valence-corrected chi connectivity index (χ4v) is 3.76. The molecular weight excluding hydrogens is 342 g/mol. The summed E-state index contributed by atoms with van der Waals surface area (Å²) in [5.41, 5.74) is 1.60. The molecule has 0 radical (unpaired) electrons. The number of halogens is 2. The molecule has 1 aromatic carbocycles. The van der Waals surface area contributed by atoms with Crippen LogP contribution < -0.4 is 0 Å². The zero-order chi connectivity index (χ0) is 19.1. The van der Waals surface area contributed by atoms with Crippen LogP contribution in [0.3, 0.4) is 0 Å². The van der Waals surface area contributed by atoms with E-state index in [2.05, 4.69) is 29.0 Å². The third-order valence-electron chi connectivity index (χ3n) is 5.48. The first-order chi connectivity index (χ1) is 13.2. The second-order valence-electron chi connectivity index (χ2n) is 7.58. The van der Waals surface area contributed by atoms with Crippen molar-refractivity contribution in [1.29, 1.82) is 0 Å². The van der Waals surface area contributed by atoms with E-state index in [0.717, 1.165) is 36.0 Å². The lowest BCUT2D eigenvalue weighted by Gasteiger charge is -2.26. The van der Waals surface area contributed by atoms with Crippen molar-refractivity contribution in [2.24, 2.45) is 11.8 Å². The van der Waals surface area contributed by atoms with E-state index in [4.69, 9.17) is 0 Å². The Balaban J connectivity index is 1.47. The molecule has 0 bridgehead atoms. The molecular formula is C23H28F2N2. The van der Waals surface area contributed by atoms with Gasteiger partial charge in [-0.2, -0.15) is 0 Å². The highest BCUT2D eigenvalue weighted by atomic mass is 19.2. The van der Waals surface area contributed by atoms with Gasteiger partial charge in [0.2, 0.25) is 0 Å². The molecule has 0 saturated heterocycles. The number of unbranched alkanes of at least 4 members (excludes halogenated alkanes) is 1. The number of hydrogen-bond acceptors (Lipinski definition) is 2. The highest BCUT2D eigenvalue weighted by Crippen LogP contribution is 2.32. The summed E-state index contributed by atoms with van der Waals surface area (Å²) in [6.07, 6.45) is 18.1. The molecule has 1 fully saturated rings. The molecule has 1 aliphatic carbocycles. The largest absolute Gasteiger partial charge is 0.236 e. The molecule has 4 heteroatoms. The standard InChI is InChI=1S/C23H28F2N2/c1-2-3-4-5-17-6-8-18(9-7-17)10-11-19-15-26-23(27-16-19)20-12-13-21(24)22(25)14-20/h4-5,12-18H,2-3,6-11H2,1H3. The Morgan fingerprint density at radius 1 is 1.04 bits per heavy atom. The van der Waals surface area contributed by atoms with E-state index in [1.165, 1.54) is 51.0 Å². The second kappa shape index (κ2) is 9.72. The highest BCUT2D eigenvalue weighted by molar-refractivity contribution is 5.54. The molecule has 1 saturated carbocycles. The van der Waals surface area contributed by atoms with E-state index >= 15 is 0 Å². The van der Waals surface area contributed by atoms with Crippen molar-refractivity contribution in [2.45, 2.75) is 58.3 Å². The molecule has 144 valence electrons. The molecule has 0 aliphatic heterocycles. The predicted octanol–water partition coefficient (Wildman–Crippen LogP) is 6.52. The fraction of sp³-hybridized carbons (Fsp3) is 0.478. The summed E-state index contributed by atoms with van der Waals surface area (Å²) in [6, 6.07) is 3.74. The van der Waals surface area contributed by atoms with Crippen molar-refractivity contribution in [2.75, 3.05) is 0 Å². The maximum Gasteiger partial charge on any atom is 0.159 e. The maximum atomic E-state index is 13.4. The van der Waals surface area contributed by atoms with Crippen LogP contribution in [0, 0.1) is 23.5 Å². The van der Waals surface area contributed by atoms with E-state index in [1.807, 2.05) is 12.4 Å². The Morgan fingerprint density at radius 2 is 1.78 bits per heavy atom. The van der Waals surface area contributed by atoms with E-state index in [1.54, 1.807) is 0 Å². The molecule has 3 rings (SSSR count). The number of benzene rings is 1. The fourth-order valence-electron chi connectivity index (χ4n) is 3.76. The summed E-state index contributed by atoms with van der Waals surface area (Å²) in [4.78, 5) is 8.66. The molecule has 0 spiro atoms. The molecule has 0 amide bonds. The SMILES string of the molecule is CCCC=CC1CCC(CCc2cnc(-c3ccc(F)c(F)c3)nc2)CC1. The van der Waals surface area contributed by atoms with Crippen LogP contribution in [-0.4, -0.2) is 9.97 Å². The average molecular weight is 370 g/mol. The van der Waals surface area contributed by atoms with Gasteiger partial charge in [0.05, 0.1) is 0 Å². The summed E-state index contributed by atoms with van der Waals surface area (Å²) in [7, 11) is 0. The van der Waals surface area contributed by atoms with Crippen LogP contribution >= 0.6 is 0 Å². The topological polar surface area (TPSA) is 25.8 Å². The van der Waals surface area contributed by atoms with Gasteiger partial charge in [0.1, 0.15) is 0 Å². The molecule has 2 nitrogen and oxygen atoms in total. The molecule has 1 aromatic heterocycles. The smallest absolute Gasteiger partial charge is 0.159 e. The minimum absolute atomic E-state index is 0.428. The van der Waals surface area contributed by atoms with Gasteiger partial charge < -0.3 is 0 Å². The molecule has 0 atom stereocenters. The third kappa shape index (κ3) is 5.69. The quantitative estimate of drug-likeness (QED) is 0.519. The zero-order valence-electron chi connectivity index (χ0n) is 16.0. The second-order valence-corrected chi connectivity index (χ2v) is 7.58. The van der Waals surface area contributed by atoms with Gasteiger partial charge >= 0.3 is 0 Å². The molecule has 0 unspecified atom stereocenters. The van der Waals surface area contributed by atoms with Gasteiger partial charge in [0.15, 0.2) is 17.5 Å². The van der Waals surface area contributed by atoms with Crippen LogP contribution in [0.2, 0.25) is 0 Å². The lowest BCUT2D eigenvalue weighted by atomic mass is 9.79. The maximum absolute atomic E-state index is 13.4. The lowest BCUT2D eigenvalue weighted by Crippen LogP contribution is -2.13. The molecule has 0 N–H and O–H groups in total. The lowest BCUT2D eigenvalue weighted by molar-refractivity contribution is 0.296. The third-order valence-corrected chi connectivity index (χ3v) is 5.48. The monoisotopic (exact) mass is 370 g/mol. The minimum Gasteiger partial charge on any atom is -0.236 e. The minimum atomic E-state index is -0.875. The summed E-state index contributed by atoms with van der Waals surface area (Å²) >= 11 is 0. The van der Waals surface area contributed by atoms with Crippen LogP contribution in [0.25, 0.3) is 11.4 Å². The van der Waals surface area contributed by atoms with Gasteiger partial charge in [-0.15, -0.1) is 0 Å². The number of aromatic nitrogens is 2. The Labute approximate surface area is 160 Å². The first-order valence-electron chi connectivity index (χ1n) is 10.1. The van der Waals surface area contributed by atoms with Crippen LogP contribution in [-0.2, 0) is 6.42 Å². The van der Waals surface area contributed by atoms with E-state index in [9.17, 15) is 8.78 Å². The van der Waals surface area contributed by atoms with Crippen LogP contribution in [0.4, 0.5) is 8.78 Å². The normalized spacial score (nSPS) is 20.3. The van der Waals surface area contributed by atoms with Gasteiger partial charge in [-0.25, -0.2) is 18.7 Å². The summed E-state index contributed by atoms with van der Waals surface area (Å²) in [5, 5.41) is 0.